The van der Waals surface area contributed by atoms with Crippen LogP contribution in [0.3, 0.4) is 0 Å². The predicted molar refractivity (Wildman–Crippen MR) is 117 cm³/mol. The highest BCUT2D eigenvalue weighted by atomic mass is 32.2. The lowest BCUT2D eigenvalue weighted by Gasteiger charge is -2.13. The quantitative estimate of drug-likeness (QED) is 0.566. The number of amidine groups is 1. The largest absolute Gasteiger partial charge is 0.480 e. The van der Waals surface area contributed by atoms with Crippen LogP contribution in [0, 0.1) is 6.92 Å². The monoisotopic (exact) mass is 440 g/mol. The molecule has 0 atom stereocenters. The van der Waals surface area contributed by atoms with Crippen LogP contribution in [0.1, 0.15) is 11.3 Å². The van der Waals surface area contributed by atoms with Crippen LogP contribution in [0.15, 0.2) is 52.2 Å². The van der Waals surface area contributed by atoms with Crippen molar-refractivity contribution in [3.63, 3.8) is 0 Å². The molecular weight excluding hydrogens is 424 g/mol. The van der Waals surface area contributed by atoms with Gasteiger partial charge < -0.3 is 5.11 Å². The fourth-order valence-corrected chi connectivity index (χ4v) is 5.00. The Balaban J connectivity index is 1.83. The number of hydrogen-bond donors (Lipinski definition) is 1. The van der Waals surface area contributed by atoms with Crippen LogP contribution in [-0.4, -0.2) is 51.0 Å². The highest BCUT2D eigenvalue weighted by molar-refractivity contribution is 8.18. The summed E-state index contributed by atoms with van der Waals surface area (Å²) in [7, 11) is 0. The zero-order valence-electron chi connectivity index (χ0n) is 15.9. The van der Waals surface area contributed by atoms with Gasteiger partial charge in [0.25, 0.3) is 11.8 Å². The highest BCUT2D eigenvalue weighted by Crippen LogP contribution is 2.44. The summed E-state index contributed by atoms with van der Waals surface area (Å²) < 4.78 is 0. The number of hydrogen-bond acceptors (Lipinski definition) is 7. The number of carbonyl (C=O) groups excluding carboxylic acids is 2. The van der Waals surface area contributed by atoms with Gasteiger partial charge in [-0.3, -0.25) is 24.2 Å². The zero-order valence-corrected chi connectivity index (χ0v) is 17.5. The number of thiazole rings is 1. The minimum absolute atomic E-state index is 0.191. The summed E-state index contributed by atoms with van der Waals surface area (Å²) in [5.41, 5.74) is 2.02. The van der Waals surface area contributed by atoms with E-state index >= 15 is 0 Å². The van der Waals surface area contributed by atoms with Crippen molar-refractivity contribution in [3.8, 4) is 0 Å². The first-order valence-electron chi connectivity index (χ1n) is 8.89. The molecule has 2 aliphatic heterocycles. The average molecular weight is 441 g/mol. The number of anilines is 1. The number of carbonyl (C=O) groups is 3. The fourth-order valence-electron chi connectivity index (χ4n) is 3.20. The molecule has 1 saturated heterocycles. The molecule has 3 heterocycles. The summed E-state index contributed by atoms with van der Waals surface area (Å²) >= 11 is 2.44. The van der Waals surface area contributed by atoms with Crippen molar-refractivity contribution in [2.45, 2.75) is 6.92 Å². The predicted octanol–water partition coefficient (Wildman–Crippen LogP) is 3.04. The van der Waals surface area contributed by atoms with Crippen LogP contribution < -0.4 is 4.90 Å². The van der Waals surface area contributed by atoms with Crippen LogP contribution in [-0.2, 0) is 14.4 Å². The summed E-state index contributed by atoms with van der Waals surface area (Å²) in [6, 6.07) is 6.85. The van der Waals surface area contributed by atoms with Gasteiger partial charge in [0.15, 0.2) is 5.17 Å². The molecule has 30 heavy (non-hydrogen) atoms. The molecular formula is C20H16N4O4S2. The van der Waals surface area contributed by atoms with E-state index in [0.717, 1.165) is 17.5 Å². The third kappa shape index (κ3) is 3.44. The SMILES string of the molecule is C=CCN1C(=O)/C(=C2/C(=O)N(CC(=O)O)c3ccccc32)S/C1=N/c1nc(C)cs1. The highest BCUT2D eigenvalue weighted by Gasteiger charge is 2.42. The topological polar surface area (TPSA) is 103 Å². The van der Waals surface area contributed by atoms with Gasteiger partial charge in [0.05, 0.1) is 21.9 Å². The second-order valence-corrected chi connectivity index (χ2v) is 8.29. The van der Waals surface area contributed by atoms with Gasteiger partial charge >= 0.3 is 5.97 Å². The van der Waals surface area contributed by atoms with Gasteiger partial charge in [0.1, 0.15) is 6.54 Å². The van der Waals surface area contributed by atoms with Crippen LogP contribution >= 0.6 is 23.1 Å². The number of aryl methyl sites for hydroxylation is 1. The second-order valence-electron chi connectivity index (χ2n) is 6.48. The molecule has 0 radical (unpaired) electrons. The number of benzene rings is 1. The van der Waals surface area contributed by atoms with Gasteiger partial charge in [-0.2, -0.15) is 4.99 Å². The number of rotatable bonds is 5. The van der Waals surface area contributed by atoms with Crippen LogP contribution in [0.5, 0.6) is 0 Å². The third-order valence-corrected chi connectivity index (χ3v) is 6.35. The minimum Gasteiger partial charge on any atom is -0.480 e. The van der Waals surface area contributed by atoms with Crippen molar-refractivity contribution >= 4 is 62.4 Å². The molecule has 1 N–H and O–H groups in total. The molecule has 4 rings (SSSR count). The minimum atomic E-state index is -1.13. The molecule has 0 bridgehead atoms. The van der Waals surface area contributed by atoms with Gasteiger partial charge in [-0.1, -0.05) is 24.3 Å². The molecule has 2 amide bonds. The van der Waals surface area contributed by atoms with E-state index in [0.29, 0.717) is 21.6 Å². The molecule has 0 spiro atoms. The van der Waals surface area contributed by atoms with Crippen molar-refractivity contribution in [3.05, 3.63) is 58.5 Å². The molecule has 8 nitrogen and oxygen atoms in total. The van der Waals surface area contributed by atoms with Gasteiger partial charge in [0, 0.05) is 17.5 Å². The molecule has 0 unspecified atom stereocenters. The number of para-hydroxylation sites is 1. The van der Waals surface area contributed by atoms with E-state index in [-0.39, 0.29) is 22.9 Å². The third-order valence-electron chi connectivity index (χ3n) is 4.42. The van der Waals surface area contributed by atoms with Crippen molar-refractivity contribution in [1.29, 1.82) is 0 Å². The average Bonchev–Trinajstić information content (AvgIpc) is 3.33. The molecule has 2 aromatic rings. The summed E-state index contributed by atoms with van der Waals surface area (Å²) in [5.74, 6) is -2.02. The summed E-state index contributed by atoms with van der Waals surface area (Å²) in [6.45, 7) is 5.29. The Morgan fingerprint density at radius 3 is 2.70 bits per heavy atom. The molecule has 1 aromatic heterocycles. The van der Waals surface area contributed by atoms with Crippen molar-refractivity contribution in [1.82, 2.24) is 9.88 Å². The number of nitrogens with zero attached hydrogens (tertiary/aromatic N) is 4. The van der Waals surface area contributed by atoms with Gasteiger partial charge in [0.2, 0.25) is 5.13 Å². The van der Waals surface area contributed by atoms with Crippen LogP contribution in [0.4, 0.5) is 10.8 Å². The lowest BCUT2D eigenvalue weighted by molar-refractivity contribution is -0.136. The van der Waals surface area contributed by atoms with E-state index in [1.54, 1.807) is 30.3 Å². The summed E-state index contributed by atoms with van der Waals surface area (Å²) in [6.07, 6.45) is 1.58. The molecule has 10 heteroatoms. The maximum absolute atomic E-state index is 13.2. The number of aliphatic carboxylic acids is 1. The Morgan fingerprint density at radius 2 is 2.03 bits per heavy atom. The number of fused-ring (bicyclic) bond motifs is 1. The lowest BCUT2D eigenvalue weighted by Crippen LogP contribution is -2.33. The smallest absolute Gasteiger partial charge is 0.323 e. The maximum atomic E-state index is 13.2. The number of aliphatic imine (C=N–C) groups is 1. The maximum Gasteiger partial charge on any atom is 0.323 e. The van der Waals surface area contributed by atoms with E-state index in [2.05, 4.69) is 16.6 Å². The Labute approximate surface area is 180 Å². The lowest BCUT2D eigenvalue weighted by atomic mass is 10.1. The Bertz CT molecular complexity index is 1150. The Hall–Kier alpha value is -3.24. The van der Waals surface area contributed by atoms with Gasteiger partial charge in [-0.25, -0.2) is 4.98 Å². The Kier molecular flexibility index (Phi) is 5.27. The van der Waals surface area contributed by atoms with E-state index in [4.69, 9.17) is 0 Å². The molecule has 1 fully saturated rings. The summed E-state index contributed by atoms with van der Waals surface area (Å²) in [4.78, 5) is 49.2. The van der Waals surface area contributed by atoms with Crippen LogP contribution in [0.25, 0.3) is 5.57 Å². The van der Waals surface area contributed by atoms with Crippen molar-refractivity contribution < 1.29 is 19.5 Å². The van der Waals surface area contributed by atoms with E-state index in [9.17, 15) is 19.5 Å². The van der Waals surface area contributed by atoms with Gasteiger partial charge in [-0.05, 0) is 24.8 Å². The van der Waals surface area contributed by atoms with E-state index in [1.807, 2.05) is 12.3 Å². The second kappa shape index (κ2) is 7.88. The molecule has 1 aromatic carbocycles. The number of carboxylic acids is 1. The first-order chi connectivity index (χ1) is 14.4. The molecule has 2 aliphatic rings. The first kappa shape index (κ1) is 20.0. The first-order valence-corrected chi connectivity index (χ1v) is 10.6. The number of carboxylic acid groups (broad SMARTS) is 1. The number of aromatic nitrogens is 1. The number of amides is 2. The molecule has 0 saturated carbocycles. The normalized spacial score (nSPS) is 19.7. The van der Waals surface area contributed by atoms with Gasteiger partial charge in [-0.15, -0.1) is 17.9 Å². The van der Waals surface area contributed by atoms with Crippen LogP contribution in [0.2, 0.25) is 0 Å². The zero-order chi connectivity index (χ0) is 21.4. The number of thioether (sulfide) groups is 1. The van der Waals surface area contributed by atoms with Crippen molar-refractivity contribution in [2.24, 2.45) is 4.99 Å². The summed E-state index contributed by atoms with van der Waals surface area (Å²) in [5, 5.41) is 12.0. The molecule has 152 valence electrons. The standard InChI is InChI=1S/C20H16N4O4S2/c1-3-8-23-18(28)16(30-20(23)22-19-21-11(2)10-29-19)15-12-6-4-5-7-13(12)24(17(15)27)9-14(25)26/h3-7,10H,1,8-9H2,2H3,(H,25,26)/b16-15-,22-20+. The molecule has 0 aliphatic carbocycles. The fraction of sp³-hybridized carbons (Fsp3) is 0.150. The van der Waals surface area contributed by atoms with E-state index < -0.39 is 18.4 Å². The Morgan fingerprint density at radius 1 is 1.27 bits per heavy atom. The van der Waals surface area contributed by atoms with E-state index in [1.165, 1.54) is 21.1 Å². The van der Waals surface area contributed by atoms with Crippen molar-refractivity contribution in [2.75, 3.05) is 18.0 Å².